The molecule has 3 aromatic carbocycles. The number of hydrogen-bond donors (Lipinski definition) is 1. The number of hydrogen-bond acceptors (Lipinski definition) is 7. The average Bonchev–Trinajstić information content (AvgIpc) is 3.41. The minimum Gasteiger partial charge on any atom is -0.497 e. The number of nitrogens with one attached hydrogen (secondary N) is 1. The standard InChI is InChI=1S/C30H27ClN6O4/c1-40-23-13-14-25(27(16-23)41-2)33-30(39)29(21-9-11-22(31)12-10-21)36(18-20-6-5-15-32-17-20)28(38)19-37-26-8-4-3-7-24(26)34-35-37/h3-17,29H,18-19H2,1-2H3,(H,33,39)/t29-/m0/s1. The highest BCUT2D eigenvalue weighted by atomic mass is 35.5. The van der Waals surface area contributed by atoms with Crippen molar-refractivity contribution in [3.8, 4) is 11.5 Å². The summed E-state index contributed by atoms with van der Waals surface area (Å²) in [5, 5.41) is 11.8. The molecule has 0 bridgehead atoms. The predicted octanol–water partition coefficient (Wildman–Crippen LogP) is 4.91. The van der Waals surface area contributed by atoms with Crippen molar-refractivity contribution in [1.29, 1.82) is 0 Å². The number of ether oxygens (including phenoxy) is 2. The molecule has 0 unspecified atom stereocenters. The van der Waals surface area contributed by atoms with Gasteiger partial charge in [0.1, 0.15) is 29.6 Å². The normalized spacial score (nSPS) is 11.6. The molecule has 208 valence electrons. The van der Waals surface area contributed by atoms with Crippen LogP contribution in [0.2, 0.25) is 5.02 Å². The number of carbonyl (C=O) groups is 2. The van der Waals surface area contributed by atoms with Gasteiger partial charge in [0.25, 0.3) is 5.91 Å². The molecule has 0 aliphatic carbocycles. The second-order valence-electron chi connectivity index (χ2n) is 9.13. The van der Waals surface area contributed by atoms with Crippen molar-refractivity contribution in [2.45, 2.75) is 19.1 Å². The summed E-state index contributed by atoms with van der Waals surface area (Å²) in [5.74, 6) is 0.187. The Morgan fingerprint density at radius 1 is 1.00 bits per heavy atom. The summed E-state index contributed by atoms with van der Waals surface area (Å²) in [5.41, 5.74) is 3.11. The van der Waals surface area contributed by atoms with E-state index < -0.39 is 11.9 Å². The monoisotopic (exact) mass is 570 g/mol. The summed E-state index contributed by atoms with van der Waals surface area (Å²) in [4.78, 5) is 33.9. The van der Waals surface area contributed by atoms with Gasteiger partial charge in [-0.25, -0.2) is 4.68 Å². The number of nitrogens with zero attached hydrogens (tertiary/aromatic N) is 5. The minimum atomic E-state index is -1.04. The molecule has 5 aromatic rings. The molecule has 0 fully saturated rings. The maximum atomic E-state index is 14.1. The highest BCUT2D eigenvalue weighted by Crippen LogP contribution is 2.32. The molecule has 11 heteroatoms. The lowest BCUT2D eigenvalue weighted by Crippen LogP contribution is -2.42. The maximum absolute atomic E-state index is 14.1. The van der Waals surface area contributed by atoms with Crippen LogP contribution in [0.4, 0.5) is 5.69 Å². The van der Waals surface area contributed by atoms with Crippen LogP contribution < -0.4 is 14.8 Å². The summed E-state index contributed by atoms with van der Waals surface area (Å²) in [6.45, 7) is -0.0240. The number of aromatic nitrogens is 4. The van der Waals surface area contributed by atoms with Crippen LogP contribution in [0.5, 0.6) is 11.5 Å². The van der Waals surface area contributed by atoms with Crippen LogP contribution >= 0.6 is 11.6 Å². The van der Waals surface area contributed by atoms with Crippen LogP contribution in [0.3, 0.4) is 0 Å². The molecule has 2 aromatic heterocycles. The molecule has 5 rings (SSSR count). The van der Waals surface area contributed by atoms with Gasteiger partial charge in [0.15, 0.2) is 0 Å². The van der Waals surface area contributed by atoms with Crippen LogP contribution in [0, 0.1) is 0 Å². The minimum absolute atomic E-state index is 0.111. The number of rotatable bonds is 10. The Morgan fingerprint density at radius 3 is 2.54 bits per heavy atom. The fraction of sp³-hybridized carbons (Fsp3) is 0.167. The fourth-order valence-electron chi connectivity index (χ4n) is 4.49. The number of amides is 2. The predicted molar refractivity (Wildman–Crippen MR) is 155 cm³/mol. The average molecular weight is 571 g/mol. The molecule has 2 heterocycles. The first-order valence-corrected chi connectivity index (χ1v) is 13.1. The molecule has 1 N–H and O–H groups in total. The van der Waals surface area contributed by atoms with Crippen LogP contribution in [0.15, 0.2) is 91.3 Å². The van der Waals surface area contributed by atoms with E-state index >= 15 is 0 Å². The van der Waals surface area contributed by atoms with Crippen LogP contribution in [0.25, 0.3) is 11.0 Å². The van der Waals surface area contributed by atoms with Gasteiger partial charge in [0.2, 0.25) is 5.91 Å². The zero-order chi connectivity index (χ0) is 28.8. The van der Waals surface area contributed by atoms with Gasteiger partial charge in [-0.1, -0.05) is 47.1 Å². The van der Waals surface area contributed by atoms with Crippen molar-refractivity contribution in [3.05, 3.63) is 107 Å². The van der Waals surface area contributed by atoms with Gasteiger partial charge in [-0.2, -0.15) is 0 Å². The first-order valence-electron chi connectivity index (χ1n) is 12.7. The molecule has 0 spiro atoms. The third-order valence-electron chi connectivity index (χ3n) is 6.51. The van der Waals surface area contributed by atoms with Crippen molar-refractivity contribution in [1.82, 2.24) is 24.9 Å². The first kappa shape index (κ1) is 27.6. The Hall–Kier alpha value is -4.96. The maximum Gasteiger partial charge on any atom is 0.251 e. The van der Waals surface area contributed by atoms with Gasteiger partial charge in [0, 0.05) is 30.0 Å². The van der Waals surface area contributed by atoms with Gasteiger partial charge in [0.05, 0.1) is 25.4 Å². The molecule has 0 saturated heterocycles. The van der Waals surface area contributed by atoms with Crippen LogP contribution in [0.1, 0.15) is 17.2 Å². The Morgan fingerprint density at radius 2 is 1.80 bits per heavy atom. The summed E-state index contributed by atoms with van der Waals surface area (Å²) in [6.07, 6.45) is 3.31. The SMILES string of the molecule is COc1ccc(NC(=O)[C@H](c2ccc(Cl)cc2)N(Cc2cccnc2)C(=O)Cn2nnc3ccccc32)c(OC)c1. The summed E-state index contributed by atoms with van der Waals surface area (Å²) in [6, 6.07) is 21.8. The lowest BCUT2D eigenvalue weighted by atomic mass is 10.0. The van der Waals surface area contributed by atoms with E-state index in [1.807, 2.05) is 30.3 Å². The van der Waals surface area contributed by atoms with Gasteiger partial charge < -0.3 is 19.7 Å². The molecule has 41 heavy (non-hydrogen) atoms. The van der Waals surface area contributed by atoms with E-state index in [1.165, 1.54) is 16.7 Å². The molecule has 0 aliphatic heterocycles. The smallest absolute Gasteiger partial charge is 0.251 e. The van der Waals surface area contributed by atoms with Crippen molar-refractivity contribution >= 4 is 40.1 Å². The topological polar surface area (TPSA) is 111 Å². The lowest BCUT2D eigenvalue weighted by Gasteiger charge is -2.31. The summed E-state index contributed by atoms with van der Waals surface area (Å²) in [7, 11) is 3.05. The first-order chi connectivity index (χ1) is 20.0. The molecule has 10 nitrogen and oxygen atoms in total. The number of methoxy groups -OCH3 is 2. The highest BCUT2D eigenvalue weighted by Gasteiger charge is 2.33. The van der Waals surface area contributed by atoms with E-state index in [2.05, 4.69) is 20.6 Å². The van der Waals surface area contributed by atoms with E-state index in [9.17, 15) is 9.59 Å². The molecule has 1 atom stereocenters. The molecular formula is C30H27ClN6O4. The molecule has 0 radical (unpaired) electrons. The Balaban J connectivity index is 1.55. The van der Waals surface area contributed by atoms with Crippen LogP contribution in [-0.2, 0) is 22.7 Å². The Labute approximate surface area is 241 Å². The van der Waals surface area contributed by atoms with Crippen molar-refractivity contribution in [2.75, 3.05) is 19.5 Å². The second-order valence-corrected chi connectivity index (χ2v) is 9.56. The van der Waals surface area contributed by atoms with Gasteiger partial charge in [-0.3, -0.25) is 14.6 Å². The quantitative estimate of drug-likeness (QED) is 0.254. The number of fused-ring (bicyclic) bond motifs is 1. The number of para-hydroxylation sites is 1. The zero-order valence-electron chi connectivity index (χ0n) is 22.4. The third kappa shape index (κ3) is 6.28. The summed E-state index contributed by atoms with van der Waals surface area (Å²) < 4.78 is 12.3. The number of benzene rings is 3. The largest absolute Gasteiger partial charge is 0.497 e. The van der Waals surface area contributed by atoms with E-state index in [4.69, 9.17) is 21.1 Å². The third-order valence-corrected chi connectivity index (χ3v) is 6.77. The Bertz CT molecular complexity index is 1660. The van der Waals surface area contributed by atoms with E-state index in [0.717, 1.165) is 5.56 Å². The zero-order valence-corrected chi connectivity index (χ0v) is 23.2. The van der Waals surface area contributed by atoms with E-state index in [-0.39, 0.29) is 19.0 Å². The van der Waals surface area contributed by atoms with Crippen molar-refractivity contribution < 1.29 is 19.1 Å². The molecular weight excluding hydrogens is 544 g/mol. The number of halogens is 1. The molecule has 0 saturated carbocycles. The molecule has 2 amide bonds. The second kappa shape index (κ2) is 12.5. The number of carbonyl (C=O) groups excluding carboxylic acids is 2. The number of pyridine rings is 1. The van der Waals surface area contributed by atoms with E-state index in [1.54, 1.807) is 68.0 Å². The highest BCUT2D eigenvalue weighted by molar-refractivity contribution is 6.30. The lowest BCUT2D eigenvalue weighted by molar-refractivity contribution is -0.140. The number of anilines is 1. The fourth-order valence-corrected chi connectivity index (χ4v) is 4.61. The van der Waals surface area contributed by atoms with Gasteiger partial charge in [-0.05, 0) is 53.6 Å². The van der Waals surface area contributed by atoms with Crippen molar-refractivity contribution in [2.24, 2.45) is 0 Å². The summed E-state index contributed by atoms with van der Waals surface area (Å²) >= 11 is 6.18. The van der Waals surface area contributed by atoms with Crippen LogP contribution in [-0.4, -0.2) is 50.9 Å². The Kier molecular flexibility index (Phi) is 8.40. The van der Waals surface area contributed by atoms with Gasteiger partial charge >= 0.3 is 0 Å². The molecule has 0 aliphatic rings. The van der Waals surface area contributed by atoms with E-state index in [0.29, 0.717) is 38.8 Å². The van der Waals surface area contributed by atoms with Crippen molar-refractivity contribution in [3.63, 3.8) is 0 Å². The van der Waals surface area contributed by atoms with Gasteiger partial charge in [-0.15, -0.1) is 5.10 Å².